The molecule has 164 valence electrons. The zero-order chi connectivity index (χ0) is 22.3. The molecule has 1 atom stereocenters. The Balaban J connectivity index is 1.66. The summed E-state index contributed by atoms with van der Waals surface area (Å²) in [5.74, 6) is -0.245. The average Bonchev–Trinajstić information content (AvgIpc) is 3.20. The van der Waals surface area contributed by atoms with Crippen molar-refractivity contribution in [1.29, 1.82) is 0 Å². The smallest absolute Gasteiger partial charge is 0.405 e. The van der Waals surface area contributed by atoms with E-state index in [4.69, 9.17) is 0 Å². The highest BCUT2D eigenvalue weighted by molar-refractivity contribution is 5.93. The minimum absolute atomic E-state index is 0.0409. The van der Waals surface area contributed by atoms with E-state index in [-0.39, 0.29) is 23.2 Å². The summed E-state index contributed by atoms with van der Waals surface area (Å²) < 4.78 is 44.2. The predicted molar refractivity (Wildman–Crippen MR) is 110 cm³/mol. The van der Waals surface area contributed by atoms with Crippen molar-refractivity contribution in [3.05, 3.63) is 48.5 Å². The summed E-state index contributed by atoms with van der Waals surface area (Å²) in [7, 11) is 0. The van der Waals surface area contributed by atoms with Crippen LogP contribution in [0.3, 0.4) is 0 Å². The fourth-order valence-corrected chi connectivity index (χ4v) is 3.69. The van der Waals surface area contributed by atoms with Crippen LogP contribution in [0.1, 0.15) is 12.8 Å². The van der Waals surface area contributed by atoms with Gasteiger partial charge in [-0.15, -0.1) is 18.3 Å². The molecule has 4 aromatic rings. The molecule has 2 aromatic heterocycles. The van der Waals surface area contributed by atoms with Crippen molar-refractivity contribution >= 4 is 28.4 Å². The van der Waals surface area contributed by atoms with E-state index in [9.17, 15) is 18.0 Å². The van der Waals surface area contributed by atoms with Gasteiger partial charge in [-0.1, -0.05) is 24.3 Å². The Morgan fingerprint density at radius 1 is 1.09 bits per heavy atom. The second-order valence-corrected chi connectivity index (χ2v) is 7.30. The first-order valence-electron chi connectivity index (χ1n) is 9.94. The lowest BCUT2D eigenvalue weighted by molar-refractivity contribution is -0.274. The molecule has 0 aliphatic carbocycles. The SMILES string of the molecule is O=C1NCCC[C@H]1Nc1nc2ccccc2c2nc(-c3ccccc3OC(F)(F)F)nn12. The number of alkyl halides is 3. The molecule has 0 bridgehead atoms. The number of piperidine rings is 1. The first kappa shape index (κ1) is 20.0. The van der Waals surface area contributed by atoms with Crippen LogP contribution in [0.2, 0.25) is 0 Å². The average molecular weight is 442 g/mol. The van der Waals surface area contributed by atoms with E-state index >= 15 is 0 Å². The van der Waals surface area contributed by atoms with Crippen molar-refractivity contribution in [2.45, 2.75) is 25.2 Å². The molecule has 0 radical (unpaired) electrons. The molecule has 1 aliphatic rings. The van der Waals surface area contributed by atoms with Crippen LogP contribution in [0, 0.1) is 0 Å². The third-order valence-electron chi connectivity index (χ3n) is 5.12. The van der Waals surface area contributed by atoms with Crippen LogP contribution in [0.5, 0.6) is 5.75 Å². The number of hydrogen-bond acceptors (Lipinski definition) is 6. The number of fused-ring (bicyclic) bond motifs is 3. The summed E-state index contributed by atoms with van der Waals surface area (Å²) in [5.41, 5.74) is 1.09. The van der Waals surface area contributed by atoms with Gasteiger partial charge in [0, 0.05) is 11.9 Å². The lowest BCUT2D eigenvalue weighted by Crippen LogP contribution is -2.44. The largest absolute Gasteiger partial charge is 0.573 e. The number of rotatable bonds is 4. The van der Waals surface area contributed by atoms with Crippen molar-refractivity contribution in [3.63, 3.8) is 0 Å². The van der Waals surface area contributed by atoms with Crippen molar-refractivity contribution in [2.75, 3.05) is 11.9 Å². The standard InChI is InChI=1S/C21H17F3N6O2/c22-21(23,24)32-16-10-4-2-7-13(16)17-28-18-12-6-1-3-8-14(12)26-20(30(18)29-17)27-15-9-5-11-25-19(15)31/h1-4,6-8,10,15H,5,9,11H2,(H,25,31)(H,26,27)/t15-/m1/s1. The van der Waals surface area contributed by atoms with Gasteiger partial charge in [0.15, 0.2) is 11.5 Å². The van der Waals surface area contributed by atoms with Crippen molar-refractivity contribution in [1.82, 2.24) is 24.9 Å². The Hall–Kier alpha value is -3.89. The van der Waals surface area contributed by atoms with Crippen LogP contribution in [0.4, 0.5) is 19.1 Å². The number of amides is 1. The molecule has 0 saturated carbocycles. The number of carbonyl (C=O) groups excluding carboxylic acids is 1. The van der Waals surface area contributed by atoms with Crippen LogP contribution in [0.15, 0.2) is 48.5 Å². The lowest BCUT2D eigenvalue weighted by Gasteiger charge is -2.23. The molecule has 1 saturated heterocycles. The number of nitrogens with zero attached hydrogens (tertiary/aromatic N) is 4. The molecule has 5 rings (SSSR count). The van der Waals surface area contributed by atoms with Gasteiger partial charge < -0.3 is 15.4 Å². The van der Waals surface area contributed by atoms with Gasteiger partial charge >= 0.3 is 6.36 Å². The summed E-state index contributed by atoms with van der Waals surface area (Å²) in [6.07, 6.45) is -3.43. The van der Waals surface area contributed by atoms with E-state index in [1.165, 1.54) is 22.7 Å². The number of para-hydroxylation sites is 2. The van der Waals surface area contributed by atoms with Crippen LogP contribution < -0.4 is 15.4 Å². The third kappa shape index (κ3) is 3.77. The Kier molecular flexibility index (Phi) is 4.80. The Bertz CT molecular complexity index is 1320. The monoisotopic (exact) mass is 442 g/mol. The molecule has 0 spiro atoms. The van der Waals surface area contributed by atoms with Crippen LogP contribution in [0.25, 0.3) is 27.9 Å². The molecule has 11 heteroatoms. The van der Waals surface area contributed by atoms with Gasteiger partial charge in [0.05, 0.1) is 11.1 Å². The Morgan fingerprint density at radius 2 is 1.88 bits per heavy atom. The molecule has 1 aliphatic heterocycles. The van der Waals surface area contributed by atoms with E-state index in [0.29, 0.717) is 29.5 Å². The van der Waals surface area contributed by atoms with Crippen LogP contribution in [-0.4, -0.2) is 44.4 Å². The number of carbonyl (C=O) groups is 1. The number of halogens is 3. The molecular formula is C21H17F3N6O2. The number of ether oxygens (including phenoxy) is 1. The summed E-state index contributed by atoms with van der Waals surface area (Å²) in [6, 6.07) is 12.4. The summed E-state index contributed by atoms with van der Waals surface area (Å²) in [6.45, 7) is 0.612. The van der Waals surface area contributed by atoms with Crippen LogP contribution >= 0.6 is 0 Å². The minimum Gasteiger partial charge on any atom is -0.405 e. The van der Waals surface area contributed by atoms with Crippen molar-refractivity contribution in [3.8, 4) is 17.1 Å². The van der Waals surface area contributed by atoms with Crippen molar-refractivity contribution in [2.24, 2.45) is 0 Å². The maximum Gasteiger partial charge on any atom is 0.573 e. The summed E-state index contributed by atoms with van der Waals surface area (Å²) >= 11 is 0. The van der Waals surface area contributed by atoms with Gasteiger partial charge in [0.25, 0.3) is 0 Å². The predicted octanol–water partition coefficient (Wildman–Crippen LogP) is 3.53. The zero-order valence-electron chi connectivity index (χ0n) is 16.6. The molecule has 32 heavy (non-hydrogen) atoms. The highest BCUT2D eigenvalue weighted by Gasteiger charge is 2.33. The highest BCUT2D eigenvalue weighted by Crippen LogP contribution is 2.33. The van der Waals surface area contributed by atoms with E-state index < -0.39 is 18.2 Å². The number of aromatic nitrogens is 4. The van der Waals surface area contributed by atoms with Crippen molar-refractivity contribution < 1.29 is 22.7 Å². The van der Waals surface area contributed by atoms with Gasteiger partial charge in [-0.2, -0.15) is 4.52 Å². The van der Waals surface area contributed by atoms with Gasteiger partial charge in [-0.25, -0.2) is 9.97 Å². The topological polar surface area (TPSA) is 93.4 Å². The second-order valence-electron chi connectivity index (χ2n) is 7.30. The van der Waals surface area contributed by atoms with Gasteiger partial charge in [0.1, 0.15) is 11.8 Å². The fourth-order valence-electron chi connectivity index (χ4n) is 3.69. The molecule has 2 aromatic carbocycles. The molecular weight excluding hydrogens is 425 g/mol. The molecule has 8 nitrogen and oxygen atoms in total. The minimum atomic E-state index is -4.86. The number of hydrogen-bond donors (Lipinski definition) is 2. The quantitative estimate of drug-likeness (QED) is 0.502. The van der Waals surface area contributed by atoms with Gasteiger partial charge in [0.2, 0.25) is 11.9 Å². The first-order chi connectivity index (χ1) is 15.4. The number of nitrogens with one attached hydrogen (secondary N) is 2. The maximum atomic E-state index is 12.9. The zero-order valence-corrected chi connectivity index (χ0v) is 16.6. The maximum absolute atomic E-state index is 12.9. The molecule has 3 heterocycles. The van der Waals surface area contributed by atoms with Crippen LogP contribution in [-0.2, 0) is 4.79 Å². The number of benzene rings is 2. The molecule has 1 amide bonds. The normalized spacial score (nSPS) is 16.8. The molecule has 2 N–H and O–H groups in total. The second kappa shape index (κ2) is 7.66. The molecule has 1 fully saturated rings. The van der Waals surface area contributed by atoms with Gasteiger partial charge in [-0.3, -0.25) is 4.79 Å². The third-order valence-corrected chi connectivity index (χ3v) is 5.12. The molecule has 0 unspecified atom stereocenters. The van der Waals surface area contributed by atoms with E-state index in [1.54, 1.807) is 24.3 Å². The van der Waals surface area contributed by atoms with E-state index in [1.807, 2.05) is 6.07 Å². The summed E-state index contributed by atoms with van der Waals surface area (Å²) in [4.78, 5) is 21.3. The highest BCUT2D eigenvalue weighted by atomic mass is 19.4. The Labute approximate surface area is 179 Å². The van der Waals surface area contributed by atoms with E-state index in [2.05, 4.69) is 30.4 Å². The summed E-state index contributed by atoms with van der Waals surface area (Å²) in [5, 5.41) is 11.0. The first-order valence-corrected chi connectivity index (χ1v) is 9.94. The lowest BCUT2D eigenvalue weighted by atomic mass is 10.1. The van der Waals surface area contributed by atoms with E-state index in [0.717, 1.165) is 6.42 Å². The van der Waals surface area contributed by atoms with Gasteiger partial charge in [-0.05, 0) is 37.1 Å². The number of anilines is 1. The Morgan fingerprint density at radius 3 is 2.69 bits per heavy atom. The fraction of sp³-hybridized carbons (Fsp3) is 0.238.